The fourth-order valence-corrected chi connectivity index (χ4v) is 1.70. The van der Waals surface area contributed by atoms with Gasteiger partial charge in [-0.15, -0.1) is 0 Å². The molecule has 0 bridgehead atoms. The molecule has 1 aromatic rings. The number of nitrogens with one attached hydrogen (secondary N) is 1. The van der Waals surface area contributed by atoms with Crippen LogP contribution in [0.1, 0.15) is 25.3 Å². The van der Waals surface area contributed by atoms with Crippen LogP contribution in [0.4, 0.5) is 0 Å². The first kappa shape index (κ1) is 11.7. The quantitative estimate of drug-likeness (QED) is 0.681. The lowest BCUT2D eigenvalue weighted by atomic mass is 10.3. The molecule has 0 atom stereocenters. The van der Waals surface area contributed by atoms with Crippen molar-refractivity contribution >= 4 is 0 Å². The Morgan fingerprint density at radius 3 is 3.06 bits per heavy atom. The molecule has 3 heteroatoms. The molecule has 0 unspecified atom stereocenters. The zero-order valence-electron chi connectivity index (χ0n) is 10.1. The number of hydrogen-bond acceptors (Lipinski definition) is 2. The van der Waals surface area contributed by atoms with Crippen molar-refractivity contribution < 1.29 is 4.74 Å². The van der Waals surface area contributed by atoms with Gasteiger partial charge < -0.3 is 14.6 Å². The molecule has 1 N–H and O–H groups in total. The molecule has 3 nitrogen and oxygen atoms in total. The highest BCUT2D eigenvalue weighted by Crippen LogP contribution is 2.28. The third kappa shape index (κ3) is 3.99. The highest BCUT2D eigenvalue weighted by molar-refractivity contribution is 5.09. The van der Waals surface area contributed by atoms with E-state index in [2.05, 4.69) is 35.3 Å². The Hall–Kier alpha value is -0.800. The molecule has 90 valence electrons. The number of hydrogen-bond donors (Lipinski definition) is 1. The number of nitrogens with zero attached hydrogens (tertiary/aromatic N) is 1. The van der Waals surface area contributed by atoms with E-state index in [-0.39, 0.29) is 0 Å². The lowest BCUT2D eigenvalue weighted by Crippen LogP contribution is -2.19. The summed E-state index contributed by atoms with van der Waals surface area (Å²) < 4.78 is 7.75. The van der Waals surface area contributed by atoms with Gasteiger partial charge in [0.2, 0.25) is 0 Å². The van der Waals surface area contributed by atoms with Gasteiger partial charge in [-0.05, 0) is 37.3 Å². The predicted octanol–water partition coefficient (Wildman–Crippen LogP) is 2.02. The van der Waals surface area contributed by atoms with Crippen LogP contribution in [0.25, 0.3) is 0 Å². The maximum atomic E-state index is 5.55. The highest BCUT2D eigenvalue weighted by atomic mass is 16.5. The number of rotatable bonds is 8. The summed E-state index contributed by atoms with van der Waals surface area (Å²) in [6.45, 7) is 6.90. The van der Waals surface area contributed by atoms with Crippen molar-refractivity contribution in [3.63, 3.8) is 0 Å². The van der Waals surface area contributed by atoms with Gasteiger partial charge in [0, 0.05) is 38.6 Å². The third-order valence-corrected chi connectivity index (χ3v) is 2.98. The molecule has 0 saturated heterocycles. The van der Waals surface area contributed by atoms with Gasteiger partial charge >= 0.3 is 0 Å². The van der Waals surface area contributed by atoms with Crippen LogP contribution in [-0.2, 0) is 17.8 Å². The van der Waals surface area contributed by atoms with E-state index in [4.69, 9.17) is 4.74 Å². The Kier molecular flexibility index (Phi) is 4.43. The minimum atomic E-state index is 0.838. The summed E-state index contributed by atoms with van der Waals surface area (Å²) in [5, 5.41) is 3.39. The van der Waals surface area contributed by atoms with Crippen molar-refractivity contribution in [1.29, 1.82) is 0 Å². The Morgan fingerprint density at radius 1 is 1.50 bits per heavy atom. The van der Waals surface area contributed by atoms with Crippen molar-refractivity contribution in [2.75, 3.05) is 19.8 Å². The normalized spacial score (nSPS) is 15.6. The van der Waals surface area contributed by atoms with Crippen LogP contribution in [-0.4, -0.2) is 24.3 Å². The van der Waals surface area contributed by atoms with E-state index in [1.807, 2.05) is 0 Å². The summed E-state index contributed by atoms with van der Waals surface area (Å²) in [6, 6.07) is 2.17. The van der Waals surface area contributed by atoms with Gasteiger partial charge in [-0.3, -0.25) is 0 Å². The Labute approximate surface area is 97.8 Å². The second kappa shape index (κ2) is 6.06. The molecule has 1 aliphatic carbocycles. The minimum Gasteiger partial charge on any atom is -0.380 e. The van der Waals surface area contributed by atoms with E-state index in [1.54, 1.807) is 0 Å². The van der Waals surface area contributed by atoms with Crippen molar-refractivity contribution in [3.8, 4) is 0 Å². The summed E-state index contributed by atoms with van der Waals surface area (Å²) in [6.07, 6.45) is 7.06. The molecule has 16 heavy (non-hydrogen) atoms. The van der Waals surface area contributed by atoms with Crippen molar-refractivity contribution in [1.82, 2.24) is 9.88 Å². The molecule has 0 radical (unpaired) electrons. The molecule has 2 rings (SSSR count). The molecule has 0 spiro atoms. The van der Waals surface area contributed by atoms with Gasteiger partial charge in [-0.1, -0.05) is 0 Å². The number of ether oxygens (including phenoxy) is 1. The Bertz CT molecular complexity index is 305. The second-order valence-electron chi connectivity index (χ2n) is 4.55. The van der Waals surface area contributed by atoms with Crippen LogP contribution in [0, 0.1) is 5.92 Å². The monoisotopic (exact) mass is 222 g/mol. The van der Waals surface area contributed by atoms with Gasteiger partial charge in [0.05, 0.1) is 6.61 Å². The third-order valence-electron chi connectivity index (χ3n) is 2.98. The summed E-state index contributed by atoms with van der Waals surface area (Å²) in [5.41, 5.74) is 1.35. The number of aromatic nitrogens is 1. The first-order valence-electron chi connectivity index (χ1n) is 6.31. The zero-order valence-corrected chi connectivity index (χ0v) is 10.1. The van der Waals surface area contributed by atoms with Crippen LogP contribution in [0.3, 0.4) is 0 Å². The molecule has 1 aromatic heterocycles. The summed E-state index contributed by atoms with van der Waals surface area (Å²) in [7, 11) is 0. The van der Waals surface area contributed by atoms with Crippen LogP contribution >= 0.6 is 0 Å². The first-order chi connectivity index (χ1) is 7.88. The molecule has 1 aliphatic rings. The van der Waals surface area contributed by atoms with Crippen LogP contribution in [0.15, 0.2) is 18.5 Å². The lowest BCUT2D eigenvalue weighted by molar-refractivity contribution is 0.126. The summed E-state index contributed by atoms with van der Waals surface area (Å²) in [4.78, 5) is 0. The van der Waals surface area contributed by atoms with E-state index in [0.717, 1.165) is 38.8 Å². The van der Waals surface area contributed by atoms with E-state index in [1.165, 1.54) is 18.4 Å². The standard InChI is InChI=1S/C13H22N2O/c1-2-15-7-5-13(10-15)9-14-6-8-16-11-12-3-4-12/h5,7,10,12,14H,2-4,6,8-9,11H2,1H3. The fraction of sp³-hybridized carbons (Fsp3) is 0.692. The van der Waals surface area contributed by atoms with Crippen molar-refractivity contribution in [2.45, 2.75) is 32.9 Å². The smallest absolute Gasteiger partial charge is 0.0591 e. The molecular formula is C13H22N2O. The molecule has 1 heterocycles. The van der Waals surface area contributed by atoms with E-state index < -0.39 is 0 Å². The molecular weight excluding hydrogens is 200 g/mol. The van der Waals surface area contributed by atoms with E-state index in [0.29, 0.717) is 0 Å². The van der Waals surface area contributed by atoms with Crippen molar-refractivity contribution in [2.24, 2.45) is 5.92 Å². The fourth-order valence-electron chi connectivity index (χ4n) is 1.70. The lowest BCUT2D eigenvalue weighted by Gasteiger charge is -2.04. The van der Waals surface area contributed by atoms with Gasteiger partial charge in [-0.2, -0.15) is 0 Å². The van der Waals surface area contributed by atoms with Gasteiger partial charge in [-0.25, -0.2) is 0 Å². The largest absolute Gasteiger partial charge is 0.380 e. The first-order valence-corrected chi connectivity index (χ1v) is 6.31. The van der Waals surface area contributed by atoms with Gasteiger partial charge in [0.25, 0.3) is 0 Å². The number of aryl methyl sites for hydroxylation is 1. The SMILES string of the molecule is CCn1ccc(CNCCOCC2CC2)c1. The van der Waals surface area contributed by atoms with Crippen molar-refractivity contribution in [3.05, 3.63) is 24.0 Å². The van der Waals surface area contributed by atoms with Crippen LogP contribution in [0.2, 0.25) is 0 Å². The summed E-state index contributed by atoms with van der Waals surface area (Å²) >= 11 is 0. The zero-order chi connectivity index (χ0) is 11.2. The second-order valence-corrected chi connectivity index (χ2v) is 4.55. The van der Waals surface area contributed by atoms with Crippen LogP contribution in [0.5, 0.6) is 0 Å². The van der Waals surface area contributed by atoms with E-state index >= 15 is 0 Å². The predicted molar refractivity (Wildman–Crippen MR) is 65.4 cm³/mol. The maximum absolute atomic E-state index is 5.55. The highest BCUT2D eigenvalue weighted by Gasteiger charge is 2.20. The maximum Gasteiger partial charge on any atom is 0.0591 e. The minimum absolute atomic E-state index is 0.838. The Morgan fingerprint density at radius 2 is 2.38 bits per heavy atom. The van der Waals surface area contributed by atoms with Gasteiger partial charge in [0.15, 0.2) is 0 Å². The average molecular weight is 222 g/mol. The molecule has 0 aromatic carbocycles. The van der Waals surface area contributed by atoms with E-state index in [9.17, 15) is 0 Å². The topological polar surface area (TPSA) is 26.2 Å². The molecule has 1 saturated carbocycles. The summed E-state index contributed by atoms with van der Waals surface area (Å²) in [5.74, 6) is 0.874. The Balaban J connectivity index is 1.49. The van der Waals surface area contributed by atoms with Crippen LogP contribution < -0.4 is 5.32 Å². The molecule has 0 amide bonds. The van der Waals surface area contributed by atoms with Gasteiger partial charge in [0.1, 0.15) is 0 Å². The average Bonchev–Trinajstić information content (AvgIpc) is 3.01. The molecule has 0 aliphatic heterocycles. The molecule has 1 fully saturated rings.